The van der Waals surface area contributed by atoms with Gasteiger partial charge in [-0.3, -0.25) is 14.2 Å². The Kier molecular flexibility index (Phi) is 6.02. The van der Waals surface area contributed by atoms with Crippen molar-refractivity contribution < 1.29 is 14.0 Å². The number of hydrogen-bond donors (Lipinski definition) is 1. The molecule has 24 heavy (non-hydrogen) atoms. The number of amides is 2. The topological polar surface area (TPSA) is 107 Å². The van der Waals surface area contributed by atoms with E-state index in [1.165, 1.54) is 11.8 Å². The summed E-state index contributed by atoms with van der Waals surface area (Å²) in [5.41, 5.74) is 5.22. The number of carbonyl (C=O) groups excluding carboxylic acids is 2. The average molecular weight is 351 g/mol. The van der Waals surface area contributed by atoms with E-state index in [9.17, 15) is 9.59 Å². The van der Waals surface area contributed by atoms with Crippen LogP contribution in [0.4, 0.5) is 0 Å². The lowest BCUT2D eigenvalue weighted by atomic mass is 10.3. The minimum atomic E-state index is -0.395. The van der Waals surface area contributed by atoms with Crippen molar-refractivity contribution in [2.24, 2.45) is 5.73 Å². The van der Waals surface area contributed by atoms with Gasteiger partial charge in [0.05, 0.1) is 18.1 Å². The first-order valence-electron chi connectivity index (χ1n) is 7.49. The quantitative estimate of drug-likeness (QED) is 0.708. The Balaban J connectivity index is 2.22. The van der Waals surface area contributed by atoms with Crippen molar-refractivity contribution in [3.8, 4) is 0 Å². The maximum atomic E-state index is 12.1. The molecule has 0 radical (unpaired) electrons. The van der Waals surface area contributed by atoms with Crippen LogP contribution in [-0.4, -0.2) is 50.8 Å². The zero-order valence-electron chi connectivity index (χ0n) is 13.9. The molecular weight excluding hydrogens is 330 g/mol. The summed E-state index contributed by atoms with van der Waals surface area (Å²) in [7, 11) is 3.43. The van der Waals surface area contributed by atoms with Gasteiger partial charge in [0.15, 0.2) is 5.16 Å². The third-order valence-electron chi connectivity index (χ3n) is 3.35. The molecule has 0 saturated carbocycles. The predicted octanol–water partition coefficient (Wildman–Crippen LogP) is 0.906. The van der Waals surface area contributed by atoms with Crippen LogP contribution in [0.1, 0.15) is 24.9 Å². The van der Waals surface area contributed by atoms with Crippen molar-refractivity contribution in [2.75, 3.05) is 14.1 Å². The number of furan rings is 1. The van der Waals surface area contributed by atoms with Gasteiger partial charge in [-0.25, -0.2) is 0 Å². The lowest BCUT2D eigenvalue weighted by molar-refractivity contribution is -0.127. The monoisotopic (exact) mass is 351 g/mol. The van der Waals surface area contributed by atoms with Crippen LogP contribution in [0.25, 0.3) is 0 Å². The fraction of sp³-hybridized carbons (Fsp3) is 0.467. The second-order valence-electron chi connectivity index (χ2n) is 5.52. The molecule has 8 nitrogen and oxygen atoms in total. The van der Waals surface area contributed by atoms with E-state index in [2.05, 4.69) is 10.2 Å². The van der Waals surface area contributed by atoms with Gasteiger partial charge in [0, 0.05) is 26.9 Å². The fourth-order valence-electron chi connectivity index (χ4n) is 2.12. The standard InChI is InChI=1S/C15H21N5O3S/c1-10(14(22)19(2)3)24-15-18-17-13(7-6-12(16)21)20(15)9-11-5-4-8-23-11/h4-5,8,10H,6-7,9H2,1-3H3,(H2,16,21). The number of aryl methyl sites for hydroxylation is 1. The Hall–Kier alpha value is -2.29. The number of carbonyl (C=O) groups is 2. The number of thioether (sulfide) groups is 1. The molecular formula is C15H21N5O3S. The number of hydrogen-bond acceptors (Lipinski definition) is 6. The fourth-order valence-corrected chi connectivity index (χ4v) is 3.13. The summed E-state index contributed by atoms with van der Waals surface area (Å²) >= 11 is 1.32. The van der Waals surface area contributed by atoms with E-state index in [4.69, 9.17) is 10.2 Å². The van der Waals surface area contributed by atoms with Gasteiger partial charge in [-0.2, -0.15) is 0 Å². The van der Waals surface area contributed by atoms with E-state index in [1.807, 2.05) is 17.6 Å². The number of rotatable bonds is 8. The molecule has 2 aromatic rings. The maximum Gasteiger partial charge on any atom is 0.235 e. The molecule has 0 spiro atoms. The van der Waals surface area contributed by atoms with Crippen molar-refractivity contribution in [1.82, 2.24) is 19.7 Å². The largest absolute Gasteiger partial charge is 0.467 e. The third-order valence-corrected chi connectivity index (χ3v) is 4.42. The molecule has 2 amide bonds. The van der Waals surface area contributed by atoms with Gasteiger partial charge in [-0.1, -0.05) is 11.8 Å². The minimum Gasteiger partial charge on any atom is -0.467 e. The van der Waals surface area contributed by atoms with Crippen LogP contribution in [0.15, 0.2) is 28.0 Å². The molecule has 2 aromatic heterocycles. The highest BCUT2D eigenvalue weighted by Crippen LogP contribution is 2.24. The van der Waals surface area contributed by atoms with Gasteiger partial charge in [-0.15, -0.1) is 10.2 Å². The van der Waals surface area contributed by atoms with Crippen LogP contribution in [0, 0.1) is 0 Å². The van der Waals surface area contributed by atoms with Crippen LogP contribution in [-0.2, 0) is 22.6 Å². The zero-order valence-corrected chi connectivity index (χ0v) is 14.7. The predicted molar refractivity (Wildman–Crippen MR) is 89.4 cm³/mol. The smallest absolute Gasteiger partial charge is 0.235 e. The summed E-state index contributed by atoms with van der Waals surface area (Å²) in [4.78, 5) is 24.6. The highest BCUT2D eigenvalue weighted by atomic mass is 32.2. The van der Waals surface area contributed by atoms with E-state index < -0.39 is 5.91 Å². The summed E-state index contributed by atoms with van der Waals surface area (Å²) in [5, 5.41) is 8.61. The van der Waals surface area contributed by atoms with Gasteiger partial charge in [0.2, 0.25) is 11.8 Å². The molecule has 2 heterocycles. The number of aromatic nitrogens is 3. The zero-order chi connectivity index (χ0) is 17.7. The first kappa shape index (κ1) is 18.1. The summed E-state index contributed by atoms with van der Waals surface area (Å²) in [6, 6.07) is 3.65. The van der Waals surface area contributed by atoms with E-state index in [0.717, 1.165) is 5.76 Å². The molecule has 130 valence electrons. The highest BCUT2D eigenvalue weighted by molar-refractivity contribution is 8.00. The molecule has 1 unspecified atom stereocenters. The number of nitrogens with zero attached hydrogens (tertiary/aromatic N) is 4. The Morgan fingerprint density at radius 1 is 1.42 bits per heavy atom. The molecule has 0 aromatic carbocycles. The van der Waals surface area contributed by atoms with Crippen molar-refractivity contribution in [1.29, 1.82) is 0 Å². The van der Waals surface area contributed by atoms with Gasteiger partial charge in [0.1, 0.15) is 11.6 Å². The van der Waals surface area contributed by atoms with Crippen LogP contribution < -0.4 is 5.73 Å². The van der Waals surface area contributed by atoms with Gasteiger partial charge in [-0.05, 0) is 19.1 Å². The second kappa shape index (κ2) is 8.00. The van der Waals surface area contributed by atoms with Crippen LogP contribution in [0.3, 0.4) is 0 Å². The Bertz CT molecular complexity index is 696. The van der Waals surface area contributed by atoms with Crippen LogP contribution in [0.2, 0.25) is 0 Å². The number of nitrogens with two attached hydrogens (primary N) is 1. The molecule has 0 aliphatic heterocycles. The number of primary amides is 1. The van der Waals surface area contributed by atoms with E-state index in [0.29, 0.717) is 23.9 Å². The summed E-state index contributed by atoms with van der Waals surface area (Å²) in [5.74, 6) is 0.972. The SMILES string of the molecule is CC(Sc1nnc(CCC(N)=O)n1Cc1ccco1)C(=O)N(C)C. The molecule has 9 heteroatoms. The summed E-state index contributed by atoms with van der Waals surface area (Å²) < 4.78 is 7.23. The molecule has 0 saturated heterocycles. The third kappa shape index (κ3) is 4.60. The van der Waals surface area contributed by atoms with Crippen molar-refractivity contribution >= 4 is 23.6 Å². The van der Waals surface area contributed by atoms with E-state index >= 15 is 0 Å². The molecule has 0 aliphatic rings. The molecule has 0 bridgehead atoms. The Morgan fingerprint density at radius 3 is 2.75 bits per heavy atom. The molecule has 2 rings (SSSR count). The minimum absolute atomic E-state index is 0.00812. The van der Waals surface area contributed by atoms with Gasteiger partial charge < -0.3 is 15.1 Å². The van der Waals surface area contributed by atoms with Crippen LogP contribution in [0.5, 0.6) is 0 Å². The first-order valence-corrected chi connectivity index (χ1v) is 8.37. The maximum absolute atomic E-state index is 12.1. The normalized spacial score (nSPS) is 12.1. The van der Waals surface area contributed by atoms with E-state index in [-0.39, 0.29) is 17.6 Å². The van der Waals surface area contributed by atoms with Gasteiger partial charge in [0.25, 0.3) is 0 Å². The van der Waals surface area contributed by atoms with Crippen molar-refractivity contribution in [3.63, 3.8) is 0 Å². The summed E-state index contributed by atoms with van der Waals surface area (Å²) in [6.45, 7) is 2.25. The second-order valence-corrected chi connectivity index (χ2v) is 6.83. The molecule has 2 N–H and O–H groups in total. The molecule has 0 aliphatic carbocycles. The lowest BCUT2D eigenvalue weighted by Gasteiger charge is -2.16. The van der Waals surface area contributed by atoms with Gasteiger partial charge >= 0.3 is 0 Å². The van der Waals surface area contributed by atoms with Crippen molar-refractivity contribution in [3.05, 3.63) is 30.0 Å². The summed E-state index contributed by atoms with van der Waals surface area (Å²) in [6.07, 6.45) is 2.17. The Morgan fingerprint density at radius 2 is 2.17 bits per heavy atom. The Labute approximate surface area is 144 Å². The van der Waals surface area contributed by atoms with Crippen molar-refractivity contribution in [2.45, 2.75) is 36.7 Å². The average Bonchev–Trinajstić information content (AvgIpc) is 3.16. The molecule has 0 fully saturated rings. The van der Waals surface area contributed by atoms with Crippen LogP contribution >= 0.6 is 11.8 Å². The first-order chi connectivity index (χ1) is 11.4. The highest BCUT2D eigenvalue weighted by Gasteiger charge is 2.22. The lowest BCUT2D eigenvalue weighted by Crippen LogP contribution is -2.29. The molecule has 1 atom stereocenters. The van der Waals surface area contributed by atoms with E-state index in [1.54, 1.807) is 31.3 Å².